The molecule has 1 atom stereocenters. The molecule has 0 aliphatic carbocycles. The number of benzene rings is 1. The Bertz CT molecular complexity index is 1690. The Morgan fingerprint density at radius 1 is 1.07 bits per heavy atom. The summed E-state index contributed by atoms with van der Waals surface area (Å²) in [4.78, 5) is 27.1. The number of ether oxygens (including phenoxy) is 3. The van der Waals surface area contributed by atoms with Gasteiger partial charge in [0, 0.05) is 25.8 Å². The number of piperidine rings is 1. The van der Waals surface area contributed by atoms with Crippen LogP contribution in [0.5, 0.6) is 11.6 Å². The number of pyridine rings is 2. The van der Waals surface area contributed by atoms with Gasteiger partial charge >= 0.3 is 5.97 Å². The molecule has 11 nitrogen and oxygen atoms in total. The molecule has 2 saturated heterocycles. The molecule has 2 aliphatic heterocycles. The molecule has 0 amide bonds. The summed E-state index contributed by atoms with van der Waals surface area (Å²) in [5, 5.41) is 18.3. The quantitative estimate of drug-likeness (QED) is 0.288. The van der Waals surface area contributed by atoms with Crippen molar-refractivity contribution in [1.29, 1.82) is 5.26 Å². The molecule has 1 N–H and O–H groups in total. The number of carbonyl (C=O) groups is 1. The smallest absolute Gasteiger partial charge is 0.354 e. The van der Waals surface area contributed by atoms with Crippen LogP contribution in [-0.4, -0.2) is 67.4 Å². The predicted octanol–water partition coefficient (Wildman–Crippen LogP) is 4.09. The molecule has 5 heterocycles. The van der Waals surface area contributed by atoms with Gasteiger partial charge in [-0.15, -0.1) is 0 Å². The fourth-order valence-electron chi connectivity index (χ4n) is 5.13. The average molecular weight is 591 g/mol. The summed E-state index contributed by atoms with van der Waals surface area (Å²) in [5.41, 5.74) is 1.28. The fourth-order valence-corrected chi connectivity index (χ4v) is 5.13. The van der Waals surface area contributed by atoms with Crippen molar-refractivity contribution < 1.29 is 32.9 Å². The zero-order chi connectivity index (χ0) is 29.9. The Labute approximate surface area is 245 Å². The van der Waals surface area contributed by atoms with Crippen LogP contribution in [0.25, 0.3) is 11.2 Å². The minimum atomic E-state index is -1.09. The van der Waals surface area contributed by atoms with E-state index in [4.69, 9.17) is 24.5 Å². The lowest BCUT2D eigenvalue weighted by Gasteiger charge is -2.32. The van der Waals surface area contributed by atoms with E-state index >= 15 is 0 Å². The number of aromatic carboxylic acids is 1. The molecule has 1 aromatic carbocycles. The van der Waals surface area contributed by atoms with Gasteiger partial charge in [0.2, 0.25) is 5.88 Å². The molecule has 0 unspecified atom stereocenters. The third-order valence-corrected chi connectivity index (χ3v) is 7.58. The van der Waals surface area contributed by atoms with Gasteiger partial charge in [0.1, 0.15) is 35.6 Å². The number of hydrogen-bond acceptors (Lipinski definition) is 9. The highest BCUT2D eigenvalue weighted by Gasteiger charge is 2.26. The van der Waals surface area contributed by atoms with Crippen LogP contribution in [0.2, 0.25) is 0 Å². The van der Waals surface area contributed by atoms with Gasteiger partial charge in [-0.05, 0) is 55.7 Å². The van der Waals surface area contributed by atoms with Crippen LogP contribution in [0.15, 0.2) is 42.5 Å². The lowest BCUT2D eigenvalue weighted by atomic mass is 10.1. The molecule has 4 aromatic rings. The van der Waals surface area contributed by atoms with Gasteiger partial charge < -0.3 is 23.9 Å². The van der Waals surface area contributed by atoms with E-state index in [0.717, 1.165) is 31.4 Å². The summed E-state index contributed by atoms with van der Waals surface area (Å²) < 4.78 is 47.6. The minimum absolute atomic E-state index is 0.0206. The van der Waals surface area contributed by atoms with Gasteiger partial charge in [0.25, 0.3) is 0 Å². The molecular formula is C30H28F2N6O5. The Hall–Kier alpha value is -4.67. The molecule has 222 valence electrons. The van der Waals surface area contributed by atoms with Gasteiger partial charge in [-0.3, -0.25) is 4.90 Å². The van der Waals surface area contributed by atoms with E-state index in [0.29, 0.717) is 43.7 Å². The van der Waals surface area contributed by atoms with E-state index in [1.165, 1.54) is 30.3 Å². The van der Waals surface area contributed by atoms with Gasteiger partial charge in [-0.1, -0.05) is 0 Å². The second-order valence-corrected chi connectivity index (χ2v) is 10.5. The Balaban J connectivity index is 1.07. The van der Waals surface area contributed by atoms with Crippen molar-refractivity contribution in [2.24, 2.45) is 0 Å². The molecule has 2 fully saturated rings. The van der Waals surface area contributed by atoms with Crippen LogP contribution in [0.4, 0.5) is 8.78 Å². The second kappa shape index (κ2) is 12.3. The third kappa shape index (κ3) is 6.40. The fraction of sp³-hybridized carbons (Fsp3) is 0.367. The molecule has 0 saturated carbocycles. The Kier molecular flexibility index (Phi) is 8.13. The highest BCUT2D eigenvalue weighted by Crippen LogP contribution is 2.25. The molecule has 43 heavy (non-hydrogen) atoms. The number of imidazole rings is 1. The van der Waals surface area contributed by atoms with Crippen LogP contribution >= 0.6 is 0 Å². The monoisotopic (exact) mass is 590 g/mol. The number of fused-ring (bicyclic) bond motifs is 1. The Morgan fingerprint density at radius 2 is 1.88 bits per heavy atom. The van der Waals surface area contributed by atoms with Crippen molar-refractivity contribution in [3.05, 3.63) is 76.9 Å². The summed E-state index contributed by atoms with van der Waals surface area (Å²) in [5.74, 6) is -1.47. The van der Waals surface area contributed by atoms with Crippen LogP contribution in [0, 0.1) is 23.0 Å². The maximum atomic E-state index is 14.4. The van der Waals surface area contributed by atoms with Gasteiger partial charge in [0.05, 0.1) is 30.8 Å². The maximum absolute atomic E-state index is 14.4. The summed E-state index contributed by atoms with van der Waals surface area (Å²) >= 11 is 0. The van der Waals surface area contributed by atoms with Crippen molar-refractivity contribution in [2.75, 3.05) is 19.7 Å². The van der Waals surface area contributed by atoms with E-state index in [9.17, 15) is 18.7 Å². The molecule has 3 aromatic heterocycles. The van der Waals surface area contributed by atoms with E-state index < -0.39 is 17.6 Å². The second-order valence-electron chi connectivity index (χ2n) is 10.5. The largest absolute Gasteiger partial charge is 0.484 e. The number of rotatable bonds is 10. The van der Waals surface area contributed by atoms with E-state index in [2.05, 4.69) is 14.9 Å². The standard InChI is InChI=1S/C30H28F2N6O5/c31-21-2-6-28(35-25(21)17-42-26-5-1-18(14-33)13-22(26)32)43-19-7-10-37(11-8-19)16-27-34-23-3-4-24(30(39)40)36-29(23)38(27)15-20-9-12-41-20/h1-6,13,19-20H,7-12,15-17H2,(H,39,40)/t20-/m0/s1. The summed E-state index contributed by atoms with van der Waals surface area (Å²) in [6.07, 6.45) is 2.25. The van der Waals surface area contributed by atoms with E-state index in [1.807, 2.05) is 10.6 Å². The topological polar surface area (TPSA) is 136 Å². The molecule has 2 aliphatic rings. The van der Waals surface area contributed by atoms with Crippen molar-refractivity contribution in [1.82, 2.24) is 24.4 Å². The van der Waals surface area contributed by atoms with Crippen molar-refractivity contribution >= 4 is 17.1 Å². The average Bonchev–Trinajstić information content (AvgIpc) is 3.32. The van der Waals surface area contributed by atoms with Gasteiger partial charge in [-0.2, -0.15) is 5.26 Å². The minimum Gasteiger partial charge on any atom is -0.484 e. The predicted molar refractivity (Wildman–Crippen MR) is 147 cm³/mol. The third-order valence-electron chi connectivity index (χ3n) is 7.58. The molecule has 0 radical (unpaired) electrons. The van der Waals surface area contributed by atoms with E-state index in [-0.39, 0.29) is 47.4 Å². The number of carboxylic acids is 1. The van der Waals surface area contributed by atoms with Crippen LogP contribution in [-0.2, 0) is 24.4 Å². The molecule has 6 rings (SSSR count). The first-order valence-corrected chi connectivity index (χ1v) is 13.9. The highest BCUT2D eigenvalue weighted by molar-refractivity contribution is 5.88. The van der Waals surface area contributed by atoms with Crippen LogP contribution in [0.1, 0.15) is 46.8 Å². The maximum Gasteiger partial charge on any atom is 0.354 e. The van der Waals surface area contributed by atoms with Crippen molar-refractivity contribution in [2.45, 2.75) is 51.2 Å². The number of nitrogens with zero attached hydrogens (tertiary/aromatic N) is 6. The Morgan fingerprint density at radius 3 is 2.58 bits per heavy atom. The lowest BCUT2D eigenvalue weighted by Crippen LogP contribution is -2.39. The summed E-state index contributed by atoms with van der Waals surface area (Å²) in [6, 6.07) is 11.5. The van der Waals surface area contributed by atoms with Crippen molar-refractivity contribution in [3.8, 4) is 17.7 Å². The van der Waals surface area contributed by atoms with Gasteiger partial charge in [-0.25, -0.2) is 28.5 Å². The zero-order valence-corrected chi connectivity index (χ0v) is 23.1. The van der Waals surface area contributed by atoms with Crippen LogP contribution in [0.3, 0.4) is 0 Å². The molecule has 13 heteroatoms. The highest BCUT2D eigenvalue weighted by atomic mass is 19.1. The number of hydrogen-bond donors (Lipinski definition) is 1. The number of carboxylic acid groups (broad SMARTS) is 1. The number of nitriles is 1. The normalized spacial score (nSPS) is 17.4. The zero-order valence-electron chi connectivity index (χ0n) is 23.1. The first-order chi connectivity index (χ1) is 20.9. The van der Waals surface area contributed by atoms with Crippen LogP contribution < -0.4 is 9.47 Å². The number of halogens is 2. The van der Waals surface area contributed by atoms with E-state index in [1.54, 1.807) is 6.07 Å². The summed E-state index contributed by atoms with van der Waals surface area (Å²) in [6.45, 7) is 2.95. The summed E-state index contributed by atoms with van der Waals surface area (Å²) in [7, 11) is 0. The first kappa shape index (κ1) is 28.4. The number of likely N-dealkylation sites (tertiary alicyclic amines) is 1. The van der Waals surface area contributed by atoms with Crippen molar-refractivity contribution in [3.63, 3.8) is 0 Å². The SMILES string of the molecule is N#Cc1ccc(OCc2nc(OC3CCN(Cc4nc5ccc(C(=O)O)nc5n4C[C@@H]4CCO4)CC3)ccc2F)c(F)c1. The number of aromatic nitrogens is 4. The molecular weight excluding hydrogens is 562 g/mol. The first-order valence-electron chi connectivity index (χ1n) is 13.9. The van der Waals surface area contributed by atoms with Gasteiger partial charge in [0.15, 0.2) is 22.9 Å². The molecule has 0 bridgehead atoms. The molecule has 0 spiro atoms. The lowest BCUT2D eigenvalue weighted by molar-refractivity contribution is -0.0593.